The van der Waals surface area contributed by atoms with Gasteiger partial charge in [-0.25, -0.2) is 9.78 Å². The molecule has 0 bridgehead atoms. The van der Waals surface area contributed by atoms with Crippen LogP contribution in [0.25, 0.3) is 0 Å². The van der Waals surface area contributed by atoms with Crippen LogP contribution in [0.5, 0.6) is 0 Å². The van der Waals surface area contributed by atoms with E-state index in [0.29, 0.717) is 18.5 Å². The van der Waals surface area contributed by atoms with Gasteiger partial charge in [0.2, 0.25) is 0 Å². The first-order chi connectivity index (χ1) is 8.15. The molecule has 5 heteroatoms. The summed E-state index contributed by atoms with van der Waals surface area (Å²) in [5.41, 5.74) is 0.837. The predicted molar refractivity (Wildman–Crippen MR) is 63.6 cm³/mol. The molecule has 1 saturated carbocycles. The Balaban J connectivity index is 1.77. The lowest BCUT2D eigenvalue weighted by Gasteiger charge is -2.12. The fourth-order valence-corrected chi connectivity index (χ4v) is 2.20. The van der Waals surface area contributed by atoms with Crippen LogP contribution in [0.15, 0.2) is 4.42 Å². The molecular formula is C12H19N3O2. The number of rotatable bonds is 3. The molecule has 2 N–H and O–H groups in total. The number of hydrogen-bond acceptors (Lipinski definition) is 3. The molecule has 1 heterocycles. The van der Waals surface area contributed by atoms with Crippen molar-refractivity contribution in [3.8, 4) is 0 Å². The Morgan fingerprint density at radius 1 is 1.41 bits per heavy atom. The van der Waals surface area contributed by atoms with E-state index in [9.17, 15) is 4.79 Å². The first-order valence-corrected chi connectivity index (χ1v) is 6.12. The van der Waals surface area contributed by atoms with Gasteiger partial charge in [0.05, 0.1) is 12.2 Å². The smallest absolute Gasteiger partial charge is 0.315 e. The lowest BCUT2D eigenvalue weighted by Crippen LogP contribution is -2.40. The number of carbonyl (C=O) groups is 1. The summed E-state index contributed by atoms with van der Waals surface area (Å²) in [4.78, 5) is 15.8. The van der Waals surface area contributed by atoms with Gasteiger partial charge in [0.1, 0.15) is 5.76 Å². The van der Waals surface area contributed by atoms with Gasteiger partial charge in [0.25, 0.3) is 0 Å². The highest BCUT2D eigenvalue weighted by Gasteiger charge is 2.17. The van der Waals surface area contributed by atoms with Gasteiger partial charge in [-0.3, -0.25) is 0 Å². The van der Waals surface area contributed by atoms with Gasteiger partial charge >= 0.3 is 6.03 Å². The van der Waals surface area contributed by atoms with Crippen LogP contribution in [0.3, 0.4) is 0 Å². The van der Waals surface area contributed by atoms with E-state index >= 15 is 0 Å². The summed E-state index contributed by atoms with van der Waals surface area (Å²) < 4.78 is 5.38. The molecule has 1 aliphatic carbocycles. The van der Waals surface area contributed by atoms with Gasteiger partial charge in [-0.1, -0.05) is 12.8 Å². The third-order valence-corrected chi connectivity index (χ3v) is 3.10. The second kappa shape index (κ2) is 5.21. The van der Waals surface area contributed by atoms with Crippen molar-refractivity contribution < 1.29 is 9.21 Å². The Labute approximate surface area is 101 Å². The van der Waals surface area contributed by atoms with Crippen molar-refractivity contribution >= 4 is 6.03 Å². The Bertz CT molecular complexity index is 394. The summed E-state index contributed by atoms with van der Waals surface area (Å²) >= 11 is 0. The van der Waals surface area contributed by atoms with E-state index in [2.05, 4.69) is 15.6 Å². The Kier molecular flexibility index (Phi) is 3.66. The van der Waals surface area contributed by atoms with Crippen LogP contribution in [0.4, 0.5) is 4.79 Å². The highest BCUT2D eigenvalue weighted by molar-refractivity contribution is 5.74. The number of urea groups is 1. The van der Waals surface area contributed by atoms with E-state index in [0.717, 1.165) is 24.3 Å². The number of aryl methyl sites for hydroxylation is 2. The fraction of sp³-hybridized carbons (Fsp3) is 0.667. The standard InChI is InChI=1S/C12H19N3O2/c1-8-11(17-9(2)14-8)7-13-12(16)15-10-5-3-4-6-10/h10H,3-7H2,1-2H3,(H2,13,15,16). The van der Waals surface area contributed by atoms with Gasteiger partial charge in [-0.15, -0.1) is 0 Å². The van der Waals surface area contributed by atoms with Crippen LogP contribution >= 0.6 is 0 Å². The van der Waals surface area contributed by atoms with Crippen LogP contribution in [0.2, 0.25) is 0 Å². The third-order valence-electron chi connectivity index (χ3n) is 3.10. The normalized spacial score (nSPS) is 16.1. The van der Waals surface area contributed by atoms with Crippen molar-refractivity contribution in [1.82, 2.24) is 15.6 Å². The third kappa shape index (κ3) is 3.22. The minimum Gasteiger partial charge on any atom is -0.444 e. The van der Waals surface area contributed by atoms with Crippen molar-refractivity contribution in [2.45, 2.75) is 52.1 Å². The Morgan fingerprint density at radius 2 is 2.12 bits per heavy atom. The van der Waals surface area contributed by atoms with Crippen LogP contribution in [0.1, 0.15) is 43.0 Å². The molecule has 1 fully saturated rings. The van der Waals surface area contributed by atoms with E-state index in [1.165, 1.54) is 12.8 Å². The summed E-state index contributed by atoms with van der Waals surface area (Å²) in [7, 11) is 0. The number of oxazole rings is 1. The first kappa shape index (κ1) is 12.0. The molecule has 17 heavy (non-hydrogen) atoms. The summed E-state index contributed by atoms with van der Waals surface area (Å²) in [5.74, 6) is 1.36. The molecule has 94 valence electrons. The van der Waals surface area contributed by atoms with Gasteiger partial charge in [0, 0.05) is 13.0 Å². The summed E-state index contributed by atoms with van der Waals surface area (Å²) in [5, 5.41) is 5.76. The molecule has 0 aliphatic heterocycles. The van der Waals surface area contributed by atoms with Crippen molar-refractivity contribution in [1.29, 1.82) is 0 Å². The molecule has 1 aromatic heterocycles. The maximum atomic E-state index is 11.6. The molecule has 1 aliphatic rings. The van der Waals surface area contributed by atoms with Gasteiger partial charge in [-0.05, 0) is 19.8 Å². The topological polar surface area (TPSA) is 67.2 Å². The monoisotopic (exact) mass is 237 g/mol. The lowest BCUT2D eigenvalue weighted by molar-refractivity contribution is 0.235. The lowest BCUT2D eigenvalue weighted by atomic mass is 10.2. The Morgan fingerprint density at radius 3 is 2.71 bits per heavy atom. The Hall–Kier alpha value is -1.52. The zero-order valence-electron chi connectivity index (χ0n) is 10.4. The minimum absolute atomic E-state index is 0.120. The largest absolute Gasteiger partial charge is 0.444 e. The van der Waals surface area contributed by atoms with Crippen LogP contribution < -0.4 is 10.6 Å². The average Bonchev–Trinajstić information content (AvgIpc) is 2.86. The summed E-state index contributed by atoms with van der Waals surface area (Å²) in [6, 6.07) is 0.220. The SMILES string of the molecule is Cc1nc(C)c(CNC(=O)NC2CCCC2)o1. The maximum Gasteiger partial charge on any atom is 0.315 e. The van der Waals surface area contributed by atoms with E-state index < -0.39 is 0 Å². The molecule has 5 nitrogen and oxygen atoms in total. The molecule has 0 aromatic carbocycles. The highest BCUT2D eigenvalue weighted by Crippen LogP contribution is 2.17. The first-order valence-electron chi connectivity index (χ1n) is 6.12. The van der Waals surface area contributed by atoms with Crippen molar-refractivity contribution in [3.05, 3.63) is 17.3 Å². The van der Waals surface area contributed by atoms with Gasteiger partial charge in [-0.2, -0.15) is 0 Å². The summed E-state index contributed by atoms with van der Waals surface area (Å²) in [6.45, 7) is 4.07. The van der Waals surface area contributed by atoms with Crippen LogP contribution in [-0.4, -0.2) is 17.1 Å². The minimum atomic E-state index is -0.120. The number of carbonyl (C=O) groups excluding carboxylic acids is 1. The van der Waals surface area contributed by atoms with E-state index in [4.69, 9.17) is 4.42 Å². The van der Waals surface area contributed by atoms with Gasteiger partial charge in [0.15, 0.2) is 5.89 Å². The molecule has 0 spiro atoms. The van der Waals surface area contributed by atoms with Gasteiger partial charge < -0.3 is 15.1 Å². The number of nitrogens with zero attached hydrogens (tertiary/aromatic N) is 1. The zero-order valence-corrected chi connectivity index (χ0v) is 10.4. The van der Waals surface area contributed by atoms with E-state index in [1.807, 2.05) is 6.92 Å². The van der Waals surface area contributed by atoms with Crippen LogP contribution in [0, 0.1) is 13.8 Å². The fourth-order valence-electron chi connectivity index (χ4n) is 2.20. The molecule has 2 rings (SSSR count). The average molecular weight is 237 g/mol. The van der Waals surface area contributed by atoms with Crippen LogP contribution in [-0.2, 0) is 6.54 Å². The molecule has 2 amide bonds. The predicted octanol–water partition coefficient (Wildman–Crippen LogP) is 2.03. The second-order valence-corrected chi connectivity index (χ2v) is 4.55. The molecule has 0 unspecified atom stereocenters. The number of aromatic nitrogens is 1. The van der Waals surface area contributed by atoms with Crippen molar-refractivity contribution in [2.75, 3.05) is 0 Å². The summed E-state index contributed by atoms with van der Waals surface area (Å²) in [6.07, 6.45) is 4.61. The number of nitrogens with one attached hydrogen (secondary N) is 2. The maximum absolute atomic E-state index is 11.6. The molecular weight excluding hydrogens is 218 g/mol. The molecule has 1 aromatic rings. The molecule has 0 atom stereocenters. The van der Waals surface area contributed by atoms with Crippen molar-refractivity contribution in [2.24, 2.45) is 0 Å². The molecule has 0 saturated heterocycles. The van der Waals surface area contributed by atoms with E-state index in [-0.39, 0.29) is 6.03 Å². The number of hydrogen-bond donors (Lipinski definition) is 2. The zero-order chi connectivity index (χ0) is 12.3. The number of amides is 2. The molecule has 0 radical (unpaired) electrons. The second-order valence-electron chi connectivity index (χ2n) is 4.55. The highest BCUT2D eigenvalue weighted by atomic mass is 16.4. The van der Waals surface area contributed by atoms with E-state index in [1.54, 1.807) is 6.92 Å². The van der Waals surface area contributed by atoms with Crippen molar-refractivity contribution in [3.63, 3.8) is 0 Å². The quantitative estimate of drug-likeness (QED) is 0.845.